The molecule has 0 bridgehead atoms. The molecule has 2 N–H and O–H groups in total. The summed E-state index contributed by atoms with van der Waals surface area (Å²) in [5.74, 6) is -0.251. The smallest absolute Gasteiger partial charge is 0.268 e. The first-order valence-corrected chi connectivity index (χ1v) is 17.1. The predicted molar refractivity (Wildman–Crippen MR) is 173 cm³/mol. The lowest BCUT2D eigenvalue weighted by Crippen LogP contribution is -2.45. The number of nitrogens with zero attached hydrogens (tertiary/aromatic N) is 1. The second kappa shape index (κ2) is 25.7. The molecule has 0 aromatic heterocycles. The van der Waals surface area contributed by atoms with Crippen LogP contribution in [0.5, 0.6) is 0 Å². The zero-order valence-corrected chi connectivity index (χ0v) is 27.8. The van der Waals surface area contributed by atoms with Gasteiger partial charge >= 0.3 is 0 Å². The highest BCUT2D eigenvalue weighted by Crippen LogP contribution is 2.38. The van der Waals surface area contributed by atoms with Gasteiger partial charge in [-0.05, 0) is 57.8 Å². The number of allylic oxidation sites excluding steroid dienone is 9. The normalized spacial score (nSPS) is 15.9. The first-order valence-electron chi connectivity index (χ1n) is 15.7. The molecule has 242 valence electrons. The first-order chi connectivity index (χ1) is 20.0. The van der Waals surface area contributed by atoms with Gasteiger partial charge < -0.3 is 28.8 Å². The van der Waals surface area contributed by atoms with Crippen molar-refractivity contribution in [3.63, 3.8) is 0 Å². The summed E-state index contributed by atoms with van der Waals surface area (Å²) in [4.78, 5) is 24.8. The molecule has 9 heteroatoms. The van der Waals surface area contributed by atoms with Crippen LogP contribution < -0.4 is 10.2 Å². The molecular weight excluding hydrogens is 551 g/mol. The Morgan fingerprint density at radius 2 is 1.43 bits per heavy atom. The molecule has 0 radical (unpaired) electrons. The molecule has 3 atom stereocenters. The third-order valence-corrected chi connectivity index (χ3v) is 7.20. The van der Waals surface area contributed by atoms with Crippen LogP contribution in [-0.2, 0) is 18.4 Å². The number of quaternary nitrogens is 1. The van der Waals surface area contributed by atoms with Crippen LogP contribution in [0, 0.1) is 0 Å². The molecule has 3 unspecified atom stereocenters. The van der Waals surface area contributed by atoms with E-state index in [-0.39, 0.29) is 18.9 Å². The molecule has 0 rings (SSSR count). The van der Waals surface area contributed by atoms with Gasteiger partial charge in [-0.25, -0.2) is 0 Å². The number of hydrogen-bond donors (Lipinski definition) is 2. The van der Waals surface area contributed by atoms with E-state index < -0.39 is 26.6 Å². The Labute approximate surface area is 256 Å². The number of aliphatic hydroxyl groups is 1. The SMILES string of the molecule is CC/C=C\C/C=C\C/C=C\C/C=C\CCCCC(=O)NC(COP(=O)([O-])OCC[N+](C)(C)C)C(O)/C=C/CCCCC. The van der Waals surface area contributed by atoms with Gasteiger partial charge in [0.2, 0.25) is 5.91 Å². The average molecular weight is 611 g/mol. The molecule has 0 saturated heterocycles. The lowest BCUT2D eigenvalue weighted by atomic mass is 10.1. The van der Waals surface area contributed by atoms with Crippen LogP contribution in [0.4, 0.5) is 0 Å². The molecule has 42 heavy (non-hydrogen) atoms. The molecule has 0 aromatic rings. The highest BCUT2D eigenvalue weighted by Gasteiger charge is 2.23. The summed E-state index contributed by atoms with van der Waals surface area (Å²) >= 11 is 0. The number of nitrogens with one attached hydrogen (secondary N) is 1. The highest BCUT2D eigenvalue weighted by molar-refractivity contribution is 7.45. The molecular formula is C33H59N2O6P. The zero-order chi connectivity index (χ0) is 31.5. The number of carbonyl (C=O) groups excluding carboxylic acids is 1. The van der Waals surface area contributed by atoms with Gasteiger partial charge in [0.05, 0.1) is 39.9 Å². The summed E-state index contributed by atoms with van der Waals surface area (Å²) < 4.78 is 22.8. The fraction of sp³-hybridized carbons (Fsp3) is 0.667. The van der Waals surface area contributed by atoms with Gasteiger partial charge in [-0.3, -0.25) is 9.36 Å². The van der Waals surface area contributed by atoms with Crippen LogP contribution in [0.15, 0.2) is 60.8 Å². The van der Waals surface area contributed by atoms with Gasteiger partial charge in [-0.1, -0.05) is 87.4 Å². The van der Waals surface area contributed by atoms with Crippen LogP contribution in [0.3, 0.4) is 0 Å². The predicted octanol–water partition coefficient (Wildman–Crippen LogP) is 6.54. The van der Waals surface area contributed by atoms with Crippen molar-refractivity contribution in [3.8, 4) is 0 Å². The standard InChI is InChI=1S/C33H59N2O6P/c1-6-8-10-12-13-14-15-16-17-18-19-20-21-23-25-27-33(37)34-31(32(36)26-24-22-11-9-7-2)30-41-42(38,39)40-29-28-35(3,4)5/h8,10,13-14,16-17,19-20,24,26,31-32,36H,6-7,9,11-12,15,18,21-23,25,27-30H2,1-5H3,(H-,34,37,38,39)/b10-8-,14-13-,17-16-,20-19-,26-24+. The third-order valence-electron chi connectivity index (χ3n) is 6.23. The average Bonchev–Trinajstić information content (AvgIpc) is 2.92. The van der Waals surface area contributed by atoms with E-state index in [0.717, 1.165) is 64.2 Å². The number of carbonyl (C=O) groups is 1. The minimum atomic E-state index is -4.57. The second-order valence-corrected chi connectivity index (χ2v) is 12.8. The Morgan fingerprint density at radius 3 is 2.02 bits per heavy atom. The molecule has 0 aliphatic rings. The fourth-order valence-corrected chi connectivity index (χ4v) is 4.39. The van der Waals surface area contributed by atoms with Gasteiger partial charge in [0.25, 0.3) is 7.82 Å². The second-order valence-electron chi connectivity index (χ2n) is 11.4. The molecule has 0 heterocycles. The van der Waals surface area contributed by atoms with E-state index in [1.165, 1.54) is 0 Å². The van der Waals surface area contributed by atoms with Crippen molar-refractivity contribution in [1.82, 2.24) is 5.32 Å². The molecule has 0 fully saturated rings. The maximum Gasteiger partial charge on any atom is 0.268 e. The van der Waals surface area contributed by atoms with Crippen LogP contribution in [-0.4, -0.2) is 68.5 Å². The van der Waals surface area contributed by atoms with Crippen molar-refractivity contribution in [3.05, 3.63) is 60.8 Å². The van der Waals surface area contributed by atoms with Gasteiger partial charge in [0, 0.05) is 6.42 Å². The lowest BCUT2D eigenvalue weighted by molar-refractivity contribution is -0.870. The number of phosphoric ester groups is 1. The minimum Gasteiger partial charge on any atom is -0.756 e. The maximum absolute atomic E-state index is 12.6. The van der Waals surface area contributed by atoms with Gasteiger partial charge in [-0.2, -0.15) is 0 Å². The molecule has 0 saturated carbocycles. The monoisotopic (exact) mass is 610 g/mol. The third kappa shape index (κ3) is 27.1. The molecule has 8 nitrogen and oxygen atoms in total. The van der Waals surface area contributed by atoms with E-state index in [4.69, 9.17) is 9.05 Å². The summed E-state index contributed by atoms with van der Waals surface area (Å²) in [6.07, 6.45) is 30.2. The number of likely N-dealkylation sites (N-methyl/N-ethyl adjacent to an activating group) is 1. The van der Waals surface area contributed by atoms with Crippen LogP contribution in [0.25, 0.3) is 0 Å². The summed E-state index contributed by atoms with van der Waals surface area (Å²) in [6.45, 7) is 4.32. The molecule has 0 aliphatic heterocycles. The lowest BCUT2D eigenvalue weighted by Gasteiger charge is -2.29. The largest absolute Gasteiger partial charge is 0.756 e. The Morgan fingerprint density at radius 1 is 0.857 bits per heavy atom. The van der Waals surface area contributed by atoms with E-state index in [9.17, 15) is 19.4 Å². The maximum atomic E-state index is 12.6. The number of amides is 1. The number of hydrogen-bond acceptors (Lipinski definition) is 6. The van der Waals surface area contributed by atoms with E-state index >= 15 is 0 Å². The molecule has 1 amide bonds. The summed E-state index contributed by atoms with van der Waals surface area (Å²) in [5, 5.41) is 13.4. The van der Waals surface area contributed by atoms with Crippen LogP contribution in [0.1, 0.15) is 90.9 Å². The highest BCUT2D eigenvalue weighted by atomic mass is 31.2. The van der Waals surface area contributed by atoms with E-state index in [0.29, 0.717) is 17.4 Å². The van der Waals surface area contributed by atoms with Crippen molar-refractivity contribution >= 4 is 13.7 Å². The summed E-state index contributed by atoms with van der Waals surface area (Å²) in [7, 11) is 1.21. The first kappa shape index (κ1) is 40.2. The Balaban J connectivity index is 4.57. The van der Waals surface area contributed by atoms with Crippen molar-refractivity contribution in [2.75, 3.05) is 40.9 Å². The summed E-state index contributed by atoms with van der Waals surface area (Å²) in [5.41, 5.74) is 0. The van der Waals surface area contributed by atoms with Crippen molar-refractivity contribution in [2.24, 2.45) is 0 Å². The number of unbranched alkanes of at least 4 members (excludes halogenated alkanes) is 5. The van der Waals surface area contributed by atoms with Crippen molar-refractivity contribution < 1.29 is 32.9 Å². The number of rotatable bonds is 26. The van der Waals surface area contributed by atoms with E-state index in [1.807, 2.05) is 27.2 Å². The van der Waals surface area contributed by atoms with E-state index in [2.05, 4.69) is 67.8 Å². The number of aliphatic hydroxyl groups excluding tert-OH is 1. The number of phosphoric acid groups is 1. The van der Waals surface area contributed by atoms with Gasteiger partial charge in [0.15, 0.2) is 0 Å². The quantitative estimate of drug-likeness (QED) is 0.0498. The fourth-order valence-electron chi connectivity index (χ4n) is 3.67. The van der Waals surface area contributed by atoms with Gasteiger partial charge in [-0.15, -0.1) is 0 Å². The van der Waals surface area contributed by atoms with Crippen LogP contribution >= 0.6 is 7.82 Å². The van der Waals surface area contributed by atoms with Crippen molar-refractivity contribution in [1.29, 1.82) is 0 Å². The Kier molecular flexibility index (Phi) is 24.6. The van der Waals surface area contributed by atoms with Crippen molar-refractivity contribution in [2.45, 2.75) is 103 Å². The summed E-state index contributed by atoms with van der Waals surface area (Å²) in [6, 6.07) is -0.904. The van der Waals surface area contributed by atoms with E-state index in [1.54, 1.807) is 6.08 Å². The molecule has 0 aliphatic carbocycles. The Hall–Kier alpha value is -1.80. The minimum absolute atomic E-state index is 0.0134. The molecule has 0 aromatic carbocycles. The Bertz CT molecular complexity index is 876. The van der Waals surface area contributed by atoms with Gasteiger partial charge in [0.1, 0.15) is 13.2 Å². The zero-order valence-electron chi connectivity index (χ0n) is 26.9. The van der Waals surface area contributed by atoms with Crippen LogP contribution in [0.2, 0.25) is 0 Å². The topological polar surface area (TPSA) is 108 Å². The molecule has 0 spiro atoms.